The fourth-order valence-electron chi connectivity index (χ4n) is 10.1. The summed E-state index contributed by atoms with van der Waals surface area (Å²) in [5, 5.41) is 23.4. The molecule has 0 aromatic heterocycles. The number of aliphatic hydroxyl groups is 2. The van der Waals surface area contributed by atoms with Gasteiger partial charge < -0.3 is 20.3 Å². The van der Waals surface area contributed by atoms with Gasteiger partial charge in [0.2, 0.25) is 5.91 Å². The lowest BCUT2D eigenvalue weighted by atomic mass is 10.0. The molecule has 0 aromatic carbocycles. The zero-order chi connectivity index (χ0) is 51.4. The second kappa shape index (κ2) is 60.9. The van der Waals surface area contributed by atoms with E-state index in [-0.39, 0.29) is 18.5 Å². The van der Waals surface area contributed by atoms with Gasteiger partial charge >= 0.3 is 5.97 Å². The van der Waals surface area contributed by atoms with Gasteiger partial charge in [0.1, 0.15) is 0 Å². The summed E-state index contributed by atoms with van der Waals surface area (Å²) < 4.78 is 5.48. The van der Waals surface area contributed by atoms with Gasteiger partial charge in [0, 0.05) is 12.8 Å². The largest absolute Gasteiger partial charge is 0.466 e. The van der Waals surface area contributed by atoms with Crippen molar-refractivity contribution in [1.82, 2.24) is 5.32 Å². The maximum Gasteiger partial charge on any atom is 0.305 e. The standard InChI is InChI=1S/C65H125NO5/c1-3-5-7-9-11-13-15-17-19-21-22-23-26-29-33-37-41-45-49-53-57-63(68)62(61-67)66-64(69)58-54-50-46-42-38-34-30-27-24-25-28-32-36-40-44-48-52-56-60-71-65(70)59-55-51-47-43-39-35-31-20-18-16-14-12-10-8-6-4-2/h14,16,20,31,62-63,67-68H,3-13,15,17-19,21-30,32-61H2,1-2H3,(H,66,69)/b16-14-,31-20-. The van der Waals surface area contributed by atoms with Crippen molar-refractivity contribution >= 4 is 11.9 Å². The lowest BCUT2D eigenvalue weighted by molar-refractivity contribution is -0.143. The van der Waals surface area contributed by atoms with E-state index in [1.54, 1.807) is 0 Å². The molecule has 0 aliphatic rings. The molecule has 0 spiro atoms. The summed E-state index contributed by atoms with van der Waals surface area (Å²) >= 11 is 0. The molecule has 0 aliphatic carbocycles. The predicted molar refractivity (Wildman–Crippen MR) is 310 cm³/mol. The molecule has 1 amide bonds. The highest BCUT2D eigenvalue weighted by Crippen LogP contribution is 2.18. The molecule has 6 nitrogen and oxygen atoms in total. The van der Waals surface area contributed by atoms with Crippen molar-refractivity contribution in [3.8, 4) is 0 Å². The zero-order valence-electron chi connectivity index (χ0n) is 48.0. The van der Waals surface area contributed by atoms with Crippen LogP contribution in [-0.2, 0) is 14.3 Å². The first-order valence-electron chi connectivity index (χ1n) is 32.1. The van der Waals surface area contributed by atoms with Crippen LogP contribution in [0.5, 0.6) is 0 Å². The monoisotopic (exact) mass is 1000 g/mol. The van der Waals surface area contributed by atoms with Crippen molar-refractivity contribution in [3.63, 3.8) is 0 Å². The number of carbonyl (C=O) groups is 2. The minimum atomic E-state index is -0.668. The molecule has 0 saturated carbocycles. The Bertz CT molecular complexity index is 1110. The maximum absolute atomic E-state index is 12.5. The van der Waals surface area contributed by atoms with E-state index in [1.165, 1.54) is 270 Å². The molecular weight excluding hydrogens is 875 g/mol. The number of rotatable bonds is 60. The summed E-state index contributed by atoms with van der Waals surface area (Å²) in [6.45, 7) is 4.95. The molecule has 2 atom stereocenters. The zero-order valence-corrected chi connectivity index (χ0v) is 48.0. The number of aliphatic hydroxyl groups excluding tert-OH is 2. The number of ether oxygens (including phenoxy) is 1. The minimum Gasteiger partial charge on any atom is -0.466 e. The Labute approximate surface area is 443 Å². The molecule has 0 saturated heterocycles. The Balaban J connectivity index is 3.41. The van der Waals surface area contributed by atoms with Gasteiger partial charge in [0.05, 0.1) is 25.4 Å². The molecular formula is C65H125NO5. The topological polar surface area (TPSA) is 95.9 Å². The first-order chi connectivity index (χ1) is 35.0. The molecule has 71 heavy (non-hydrogen) atoms. The fraction of sp³-hybridized carbons (Fsp3) is 0.908. The number of hydrogen-bond acceptors (Lipinski definition) is 5. The maximum atomic E-state index is 12.5. The average Bonchev–Trinajstić information content (AvgIpc) is 3.37. The van der Waals surface area contributed by atoms with Crippen LogP contribution in [0.1, 0.15) is 354 Å². The number of unbranched alkanes of at least 4 members (excludes halogenated alkanes) is 45. The second-order valence-corrected chi connectivity index (χ2v) is 22.1. The average molecular weight is 1000 g/mol. The van der Waals surface area contributed by atoms with Gasteiger partial charge in [0.15, 0.2) is 0 Å². The highest BCUT2D eigenvalue weighted by molar-refractivity contribution is 5.76. The van der Waals surface area contributed by atoms with Crippen molar-refractivity contribution in [2.24, 2.45) is 0 Å². The molecule has 0 aromatic rings. The van der Waals surface area contributed by atoms with Crippen LogP contribution in [0.2, 0.25) is 0 Å². The SMILES string of the molecule is CCCCCC/C=C\C/C=C\CCCCCCCC(=O)OCCCCCCCCCCCCCCCCCCCCC(=O)NC(CO)C(O)CCCCCCCCCCCCCCCCCCCCCC. The van der Waals surface area contributed by atoms with Gasteiger partial charge in [-0.25, -0.2) is 0 Å². The smallest absolute Gasteiger partial charge is 0.305 e. The third-order valence-electron chi connectivity index (χ3n) is 15.0. The number of nitrogens with one attached hydrogen (secondary N) is 1. The molecule has 420 valence electrons. The highest BCUT2D eigenvalue weighted by atomic mass is 16.5. The van der Waals surface area contributed by atoms with Crippen LogP contribution < -0.4 is 5.32 Å². The molecule has 0 heterocycles. The Hall–Kier alpha value is -1.66. The van der Waals surface area contributed by atoms with Crippen LogP contribution in [0, 0.1) is 0 Å². The number of hydrogen-bond donors (Lipinski definition) is 3. The number of allylic oxidation sites excluding steroid dienone is 4. The van der Waals surface area contributed by atoms with Gasteiger partial charge in [-0.1, -0.05) is 308 Å². The van der Waals surface area contributed by atoms with Gasteiger partial charge in [0.25, 0.3) is 0 Å². The summed E-state index contributed by atoms with van der Waals surface area (Å²) in [4.78, 5) is 24.6. The Morgan fingerprint density at radius 3 is 1.08 bits per heavy atom. The van der Waals surface area contributed by atoms with Crippen molar-refractivity contribution in [2.75, 3.05) is 13.2 Å². The van der Waals surface area contributed by atoms with E-state index in [0.717, 1.165) is 51.4 Å². The summed E-state index contributed by atoms with van der Waals surface area (Å²) in [6.07, 6.45) is 74.7. The van der Waals surface area contributed by atoms with Gasteiger partial charge in [-0.2, -0.15) is 0 Å². The number of carbonyl (C=O) groups excluding carboxylic acids is 2. The van der Waals surface area contributed by atoms with E-state index in [1.807, 2.05) is 0 Å². The number of amides is 1. The van der Waals surface area contributed by atoms with Gasteiger partial charge in [-0.3, -0.25) is 9.59 Å². The Kier molecular flexibility index (Phi) is 59.5. The molecule has 0 fully saturated rings. The van der Waals surface area contributed by atoms with Crippen molar-refractivity contribution in [3.05, 3.63) is 24.3 Å². The normalized spacial score (nSPS) is 12.7. The van der Waals surface area contributed by atoms with Crippen LogP contribution in [0.25, 0.3) is 0 Å². The van der Waals surface area contributed by atoms with E-state index < -0.39 is 12.1 Å². The van der Waals surface area contributed by atoms with E-state index >= 15 is 0 Å². The van der Waals surface area contributed by atoms with E-state index in [4.69, 9.17) is 4.74 Å². The number of esters is 1. The van der Waals surface area contributed by atoms with Gasteiger partial charge in [-0.05, 0) is 57.8 Å². The van der Waals surface area contributed by atoms with Crippen molar-refractivity contribution in [2.45, 2.75) is 366 Å². The van der Waals surface area contributed by atoms with Crippen LogP contribution in [0.15, 0.2) is 24.3 Å². The molecule has 3 N–H and O–H groups in total. The lowest BCUT2D eigenvalue weighted by Crippen LogP contribution is -2.45. The summed E-state index contributed by atoms with van der Waals surface area (Å²) in [6, 6.07) is -0.546. The van der Waals surface area contributed by atoms with Gasteiger partial charge in [-0.15, -0.1) is 0 Å². The fourth-order valence-corrected chi connectivity index (χ4v) is 10.1. The summed E-state index contributed by atoms with van der Waals surface area (Å²) in [7, 11) is 0. The third-order valence-corrected chi connectivity index (χ3v) is 15.0. The Morgan fingerprint density at radius 2 is 0.704 bits per heavy atom. The van der Waals surface area contributed by atoms with E-state index in [0.29, 0.717) is 25.9 Å². The summed E-state index contributed by atoms with van der Waals surface area (Å²) in [5.41, 5.74) is 0. The van der Waals surface area contributed by atoms with Crippen LogP contribution >= 0.6 is 0 Å². The molecule has 0 bridgehead atoms. The first kappa shape index (κ1) is 69.3. The third kappa shape index (κ3) is 57.5. The quantitative estimate of drug-likeness (QED) is 0.0320. The predicted octanol–water partition coefficient (Wildman–Crippen LogP) is 20.2. The van der Waals surface area contributed by atoms with Crippen LogP contribution in [0.3, 0.4) is 0 Å². The molecule has 0 aliphatic heterocycles. The summed E-state index contributed by atoms with van der Waals surface area (Å²) in [5.74, 6) is -0.0412. The molecule has 2 unspecified atom stereocenters. The van der Waals surface area contributed by atoms with Crippen LogP contribution in [0.4, 0.5) is 0 Å². The Morgan fingerprint density at radius 1 is 0.394 bits per heavy atom. The first-order valence-corrected chi connectivity index (χ1v) is 32.1. The lowest BCUT2D eigenvalue weighted by Gasteiger charge is -2.22. The molecule has 6 heteroatoms. The highest BCUT2D eigenvalue weighted by Gasteiger charge is 2.20. The van der Waals surface area contributed by atoms with Crippen molar-refractivity contribution < 1.29 is 24.5 Å². The van der Waals surface area contributed by atoms with Crippen LogP contribution in [-0.4, -0.2) is 47.4 Å². The van der Waals surface area contributed by atoms with Crippen molar-refractivity contribution in [1.29, 1.82) is 0 Å². The minimum absolute atomic E-state index is 0.00531. The second-order valence-electron chi connectivity index (χ2n) is 22.1. The molecule has 0 rings (SSSR count). The van der Waals surface area contributed by atoms with E-state index in [9.17, 15) is 19.8 Å². The molecule has 0 radical (unpaired) electrons. The van der Waals surface area contributed by atoms with E-state index in [2.05, 4.69) is 43.5 Å².